The molecule has 0 spiro atoms. The fourth-order valence-corrected chi connectivity index (χ4v) is 7.86. The van der Waals surface area contributed by atoms with Gasteiger partial charge in [0.15, 0.2) is 9.79 Å². The van der Waals surface area contributed by atoms with Crippen molar-refractivity contribution in [2.24, 2.45) is 0 Å². The van der Waals surface area contributed by atoms with Crippen molar-refractivity contribution in [2.45, 2.75) is 19.8 Å². The van der Waals surface area contributed by atoms with Crippen molar-refractivity contribution in [3.8, 4) is 11.1 Å². The molecule has 0 saturated heterocycles. The van der Waals surface area contributed by atoms with Crippen molar-refractivity contribution in [1.29, 1.82) is 0 Å². The molecule has 35 heavy (non-hydrogen) atoms. The molecule has 0 bridgehead atoms. The summed E-state index contributed by atoms with van der Waals surface area (Å²) < 4.78 is 32.2. The van der Waals surface area contributed by atoms with Crippen molar-refractivity contribution < 1.29 is 13.0 Å². The first kappa shape index (κ1) is 24.9. The SMILES string of the molecule is O=S(=O)([O-])Cc1ccccc1.c1ccc(-c2ccsc2[S+](c2ccccc2)c2ccccc2)cc1. The molecular weight excluding hydrogens is 493 g/mol. The molecule has 0 aliphatic carbocycles. The van der Waals surface area contributed by atoms with E-state index in [1.807, 2.05) is 11.3 Å². The summed E-state index contributed by atoms with van der Waals surface area (Å²) in [6.07, 6.45) is 0. The summed E-state index contributed by atoms with van der Waals surface area (Å²) in [5.74, 6) is -0.423. The second-order valence-electron chi connectivity index (χ2n) is 7.61. The van der Waals surface area contributed by atoms with E-state index in [2.05, 4.69) is 102 Å². The zero-order chi connectivity index (χ0) is 24.5. The largest absolute Gasteiger partial charge is 0.748 e. The van der Waals surface area contributed by atoms with Gasteiger partial charge < -0.3 is 4.55 Å². The summed E-state index contributed by atoms with van der Waals surface area (Å²) in [6.45, 7) is 0. The van der Waals surface area contributed by atoms with Crippen molar-refractivity contribution in [1.82, 2.24) is 0 Å². The molecule has 4 aromatic carbocycles. The van der Waals surface area contributed by atoms with Crippen molar-refractivity contribution in [3.63, 3.8) is 0 Å². The Balaban J connectivity index is 0.000000221. The predicted octanol–water partition coefficient (Wildman–Crippen LogP) is 7.24. The summed E-state index contributed by atoms with van der Waals surface area (Å²) in [5.41, 5.74) is 3.16. The maximum absolute atomic E-state index is 10.2. The summed E-state index contributed by atoms with van der Waals surface area (Å²) in [5, 5.41) is 2.21. The molecule has 0 amide bonds. The van der Waals surface area contributed by atoms with Gasteiger partial charge in [0, 0.05) is 5.56 Å². The molecule has 0 aliphatic heterocycles. The van der Waals surface area contributed by atoms with Crippen molar-refractivity contribution in [2.75, 3.05) is 0 Å². The van der Waals surface area contributed by atoms with Crippen LogP contribution in [-0.4, -0.2) is 13.0 Å². The Kier molecular flexibility index (Phi) is 8.55. The third-order valence-electron chi connectivity index (χ3n) is 5.04. The highest BCUT2D eigenvalue weighted by Gasteiger charge is 2.32. The van der Waals surface area contributed by atoms with Crippen LogP contribution in [0.5, 0.6) is 0 Å². The lowest BCUT2D eigenvalue weighted by Crippen LogP contribution is -2.03. The van der Waals surface area contributed by atoms with Gasteiger partial charge in [0.2, 0.25) is 4.21 Å². The van der Waals surface area contributed by atoms with Gasteiger partial charge in [-0.2, -0.15) is 0 Å². The molecule has 0 unspecified atom stereocenters. The van der Waals surface area contributed by atoms with Crippen molar-refractivity contribution in [3.05, 3.63) is 138 Å². The van der Waals surface area contributed by atoms with E-state index < -0.39 is 15.9 Å². The standard InChI is InChI=1S/C22H17S2.C7H8O3S/c1-4-10-18(11-5-1)21-16-17-23-22(21)24(19-12-6-2-7-13-19)20-14-8-3-9-15-20;8-11(9,10)6-7-4-2-1-3-5-7/h1-17H;1-5H,6H2,(H,8,9,10)/q+1;/p-1. The fraction of sp³-hybridized carbons (Fsp3) is 0.0345. The van der Waals surface area contributed by atoms with Crippen LogP contribution in [0.25, 0.3) is 11.1 Å². The van der Waals surface area contributed by atoms with Crippen LogP contribution in [0.1, 0.15) is 5.56 Å². The van der Waals surface area contributed by atoms with Gasteiger partial charge in [0.25, 0.3) is 0 Å². The Morgan fingerprint density at radius 2 is 1.09 bits per heavy atom. The van der Waals surface area contributed by atoms with Gasteiger partial charge in [-0.1, -0.05) is 108 Å². The van der Waals surface area contributed by atoms with Gasteiger partial charge in [-0.3, -0.25) is 0 Å². The minimum atomic E-state index is -4.13. The molecule has 0 N–H and O–H groups in total. The molecular formula is C29H24O3S3. The quantitative estimate of drug-likeness (QED) is 0.176. The maximum Gasteiger partial charge on any atom is 0.228 e. The maximum atomic E-state index is 10.2. The Labute approximate surface area is 213 Å². The van der Waals surface area contributed by atoms with Gasteiger partial charge in [-0.25, -0.2) is 8.42 Å². The lowest BCUT2D eigenvalue weighted by atomic mass is 10.1. The molecule has 0 aliphatic rings. The number of rotatable bonds is 6. The van der Waals surface area contributed by atoms with Gasteiger partial charge in [0.1, 0.15) is 10.9 Å². The molecule has 0 radical (unpaired) electrons. The average Bonchev–Trinajstić information content (AvgIpc) is 3.35. The van der Waals surface area contributed by atoms with E-state index in [-0.39, 0.29) is 10.9 Å². The predicted molar refractivity (Wildman–Crippen MR) is 145 cm³/mol. The van der Waals surface area contributed by atoms with Crippen LogP contribution < -0.4 is 0 Å². The van der Waals surface area contributed by atoms with Crippen LogP contribution in [0.3, 0.4) is 0 Å². The first-order chi connectivity index (χ1) is 17.0. The van der Waals surface area contributed by atoms with Crippen LogP contribution in [-0.2, 0) is 26.8 Å². The highest BCUT2D eigenvalue weighted by Crippen LogP contribution is 2.40. The minimum Gasteiger partial charge on any atom is -0.748 e. The van der Waals surface area contributed by atoms with E-state index in [0.29, 0.717) is 5.56 Å². The third kappa shape index (κ3) is 7.16. The van der Waals surface area contributed by atoms with E-state index >= 15 is 0 Å². The molecule has 0 saturated carbocycles. The first-order valence-corrected chi connectivity index (χ1v) is 14.6. The summed E-state index contributed by atoms with van der Waals surface area (Å²) in [7, 11) is -4.20. The van der Waals surface area contributed by atoms with E-state index in [0.717, 1.165) is 0 Å². The van der Waals surface area contributed by atoms with Crippen molar-refractivity contribution >= 4 is 32.3 Å². The van der Waals surface area contributed by atoms with Crippen LogP contribution in [0.2, 0.25) is 0 Å². The summed E-state index contributed by atoms with van der Waals surface area (Å²) >= 11 is 1.85. The first-order valence-electron chi connectivity index (χ1n) is 11.0. The smallest absolute Gasteiger partial charge is 0.228 e. The monoisotopic (exact) mass is 516 g/mol. The van der Waals surface area contributed by atoms with E-state index in [1.165, 1.54) is 25.1 Å². The number of thiophene rings is 1. The molecule has 5 rings (SSSR count). The van der Waals surface area contributed by atoms with Crippen LogP contribution in [0.15, 0.2) is 147 Å². The molecule has 176 valence electrons. The normalized spacial score (nSPS) is 11.0. The van der Waals surface area contributed by atoms with E-state index in [9.17, 15) is 13.0 Å². The second-order valence-corrected chi connectivity index (χ2v) is 12.1. The third-order valence-corrected chi connectivity index (χ3v) is 9.30. The lowest BCUT2D eigenvalue weighted by Gasteiger charge is -2.08. The van der Waals surface area contributed by atoms with E-state index in [1.54, 1.807) is 30.3 Å². The molecule has 6 heteroatoms. The van der Waals surface area contributed by atoms with Crippen LogP contribution in [0, 0.1) is 0 Å². The number of benzene rings is 4. The van der Waals surface area contributed by atoms with Crippen LogP contribution >= 0.6 is 11.3 Å². The summed E-state index contributed by atoms with van der Waals surface area (Å²) in [6, 6.07) is 43.0. The van der Waals surface area contributed by atoms with Gasteiger partial charge >= 0.3 is 0 Å². The highest BCUT2D eigenvalue weighted by atomic mass is 32.2. The topological polar surface area (TPSA) is 57.2 Å². The molecule has 1 aromatic heterocycles. The molecule has 1 heterocycles. The molecule has 5 aromatic rings. The molecule has 0 fully saturated rings. The fourth-order valence-electron chi connectivity index (χ4n) is 3.53. The zero-order valence-corrected chi connectivity index (χ0v) is 21.3. The van der Waals surface area contributed by atoms with Gasteiger partial charge in [-0.05, 0) is 46.8 Å². The zero-order valence-electron chi connectivity index (χ0n) is 18.9. The Morgan fingerprint density at radius 3 is 1.57 bits per heavy atom. The summed E-state index contributed by atoms with van der Waals surface area (Å²) in [4.78, 5) is 2.73. The minimum absolute atomic E-state index is 0.0770. The van der Waals surface area contributed by atoms with Gasteiger partial charge in [-0.15, -0.1) is 0 Å². The number of hydrogen-bond donors (Lipinski definition) is 0. The number of hydrogen-bond acceptors (Lipinski definition) is 4. The molecule has 3 nitrogen and oxygen atoms in total. The lowest BCUT2D eigenvalue weighted by molar-refractivity contribution is 0.462. The Bertz CT molecular complexity index is 1380. The van der Waals surface area contributed by atoms with Crippen LogP contribution in [0.4, 0.5) is 0 Å². The van der Waals surface area contributed by atoms with E-state index in [4.69, 9.17) is 0 Å². The molecule has 0 atom stereocenters. The average molecular weight is 517 g/mol. The highest BCUT2D eigenvalue weighted by molar-refractivity contribution is 7.99. The second kappa shape index (κ2) is 12.0. The Morgan fingerprint density at radius 1 is 0.629 bits per heavy atom. The van der Waals surface area contributed by atoms with Gasteiger partial charge in [0.05, 0.1) is 15.9 Å². The Hall–Kier alpha value is -3.16.